The van der Waals surface area contributed by atoms with Crippen molar-refractivity contribution in [2.24, 2.45) is 11.7 Å². The molecule has 1 rings (SSSR count). The second-order valence-electron chi connectivity index (χ2n) is 6.82. The zero-order valence-corrected chi connectivity index (χ0v) is 13.4. The quantitative estimate of drug-likeness (QED) is 0.609. The Hall–Kier alpha value is -1.63. The monoisotopic (exact) mass is 298 g/mol. The van der Waals surface area contributed by atoms with Gasteiger partial charge in [0.2, 0.25) is 5.91 Å². The van der Waals surface area contributed by atoms with Crippen LogP contribution in [0.1, 0.15) is 41.0 Å². The highest BCUT2D eigenvalue weighted by molar-refractivity contribution is 6.07. The molecule has 120 valence electrons. The Labute approximate surface area is 125 Å². The molecular formula is C14H26N4O3. The van der Waals surface area contributed by atoms with Gasteiger partial charge in [-0.15, -0.1) is 0 Å². The Balaban J connectivity index is 2.73. The fourth-order valence-electron chi connectivity index (χ4n) is 2.57. The van der Waals surface area contributed by atoms with Crippen molar-refractivity contribution in [3.8, 4) is 0 Å². The van der Waals surface area contributed by atoms with Crippen LogP contribution in [0.3, 0.4) is 0 Å². The minimum Gasteiger partial charge on any atom is -0.348 e. The lowest BCUT2D eigenvalue weighted by atomic mass is 9.90. The molecule has 1 saturated heterocycles. The van der Waals surface area contributed by atoms with Crippen LogP contribution >= 0.6 is 0 Å². The molecule has 1 aliphatic rings. The third kappa shape index (κ3) is 3.93. The minimum absolute atomic E-state index is 0.168. The lowest BCUT2D eigenvalue weighted by Crippen LogP contribution is -2.56. The number of hydrogen-bond acceptors (Lipinski definition) is 4. The summed E-state index contributed by atoms with van der Waals surface area (Å²) in [4.78, 5) is 36.8. The van der Waals surface area contributed by atoms with Gasteiger partial charge in [-0.1, -0.05) is 13.8 Å². The summed E-state index contributed by atoms with van der Waals surface area (Å²) in [5.74, 6) is -0.336. The number of amides is 4. The maximum absolute atomic E-state index is 12.2. The predicted molar refractivity (Wildman–Crippen MR) is 79.4 cm³/mol. The van der Waals surface area contributed by atoms with Gasteiger partial charge in [0.15, 0.2) is 0 Å². The molecular weight excluding hydrogens is 272 g/mol. The molecule has 0 saturated carbocycles. The van der Waals surface area contributed by atoms with Crippen LogP contribution in [0.4, 0.5) is 4.79 Å². The number of carbonyl (C=O) groups excluding carboxylic acids is 3. The molecule has 4 N–H and O–H groups in total. The van der Waals surface area contributed by atoms with E-state index >= 15 is 0 Å². The Morgan fingerprint density at radius 2 is 2.00 bits per heavy atom. The average molecular weight is 298 g/mol. The van der Waals surface area contributed by atoms with E-state index in [1.807, 2.05) is 6.92 Å². The number of imide groups is 1. The maximum atomic E-state index is 12.2. The summed E-state index contributed by atoms with van der Waals surface area (Å²) in [5, 5.41) is 5.09. The molecule has 0 aromatic carbocycles. The standard InChI is InChI=1S/C14H26N4O3/c1-9(2)6-14(5,8-15)17-10(19)7-18-12(21)16-11(20)13(18,3)4/h9H,6-8,15H2,1-5H3,(H,17,19)(H,16,20,21). The van der Waals surface area contributed by atoms with Gasteiger partial charge >= 0.3 is 6.03 Å². The number of rotatable bonds is 6. The van der Waals surface area contributed by atoms with E-state index in [4.69, 9.17) is 5.73 Å². The van der Waals surface area contributed by atoms with Crippen molar-refractivity contribution in [2.75, 3.05) is 13.1 Å². The van der Waals surface area contributed by atoms with E-state index < -0.39 is 23.0 Å². The van der Waals surface area contributed by atoms with Gasteiger partial charge in [-0.2, -0.15) is 0 Å². The van der Waals surface area contributed by atoms with Gasteiger partial charge in [0.25, 0.3) is 5.91 Å². The molecule has 7 heteroatoms. The van der Waals surface area contributed by atoms with Crippen molar-refractivity contribution in [3.63, 3.8) is 0 Å². The summed E-state index contributed by atoms with van der Waals surface area (Å²) >= 11 is 0. The normalized spacial score (nSPS) is 20.4. The van der Waals surface area contributed by atoms with Crippen LogP contribution < -0.4 is 16.4 Å². The van der Waals surface area contributed by atoms with E-state index in [2.05, 4.69) is 24.5 Å². The predicted octanol–water partition coefficient (Wildman–Crippen LogP) is 0.197. The smallest absolute Gasteiger partial charge is 0.325 e. The first kappa shape index (κ1) is 17.4. The van der Waals surface area contributed by atoms with Gasteiger partial charge < -0.3 is 16.0 Å². The van der Waals surface area contributed by atoms with Crippen LogP contribution in [-0.2, 0) is 9.59 Å². The van der Waals surface area contributed by atoms with Crippen molar-refractivity contribution < 1.29 is 14.4 Å². The zero-order valence-electron chi connectivity index (χ0n) is 13.4. The van der Waals surface area contributed by atoms with Crippen molar-refractivity contribution in [2.45, 2.75) is 52.1 Å². The van der Waals surface area contributed by atoms with Crippen molar-refractivity contribution >= 4 is 17.8 Å². The molecule has 0 aliphatic carbocycles. The number of nitrogens with zero attached hydrogens (tertiary/aromatic N) is 1. The van der Waals surface area contributed by atoms with Crippen LogP contribution in [0.25, 0.3) is 0 Å². The van der Waals surface area contributed by atoms with Crippen LogP contribution in [-0.4, -0.2) is 46.9 Å². The van der Waals surface area contributed by atoms with Gasteiger partial charge in [0, 0.05) is 12.1 Å². The average Bonchev–Trinajstić information content (AvgIpc) is 2.51. The Kier molecular flexibility index (Phi) is 4.99. The lowest BCUT2D eigenvalue weighted by molar-refractivity contribution is -0.127. The molecule has 1 fully saturated rings. The SMILES string of the molecule is CC(C)CC(C)(CN)NC(=O)CN1C(=O)NC(=O)C1(C)C. The molecule has 1 unspecified atom stereocenters. The summed E-state index contributed by atoms with van der Waals surface area (Å²) in [6, 6.07) is -0.543. The fraction of sp³-hybridized carbons (Fsp3) is 0.786. The van der Waals surface area contributed by atoms with Gasteiger partial charge in [0.05, 0.1) is 0 Å². The Morgan fingerprint density at radius 1 is 1.43 bits per heavy atom. The van der Waals surface area contributed by atoms with Crippen molar-refractivity contribution in [1.29, 1.82) is 0 Å². The first-order valence-electron chi connectivity index (χ1n) is 7.16. The van der Waals surface area contributed by atoms with Gasteiger partial charge in [-0.25, -0.2) is 4.79 Å². The van der Waals surface area contributed by atoms with Crippen LogP contribution in [0, 0.1) is 5.92 Å². The zero-order chi connectivity index (χ0) is 16.4. The van der Waals surface area contributed by atoms with E-state index in [9.17, 15) is 14.4 Å². The first-order valence-corrected chi connectivity index (χ1v) is 7.16. The van der Waals surface area contributed by atoms with Crippen molar-refractivity contribution in [1.82, 2.24) is 15.5 Å². The minimum atomic E-state index is -1.02. The molecule has 1 aliphatic heterocycles. The molecule has 1 atom stereocenters. The number of nitrogens with one attached hydrogen (secondary N) is 2. The van der Waals surface area contributed by atoms with E-state index in [0.29, 0.717) is 12.5 Å². The number of urea groups is 1. The molecule has 0 bridgehead atoms. The number of nitrogens with two attached hydrogens (primary N) is 1. The third-order valence-corrected chi connectivity index (χ3v) is 3.75. The third-order valence-electron chi connectivity index (χ3n) is 3.75. The van der Waals surface area contributed by atoms with Gasteiger partial charge in [0.1, 0.15) is 12.1 Å². The summed E-state index contributed by atoms with van der Waals surface area (Å²) < 4.78 is 0. The molecule has 0 aromatic rings. The second-order valence-corrected chi connectivity index (χ2v) is 6.82. The maximum Gasteiger partial charge on any atom is 0.325 e. The topological polar surface area (TPSA) is 105 Å². The lowest BCUT2D eigenvalue weighted by Gasteiger charge is -2.33. The first-order chi connectivity index (χ1) is 9.51. The van der Waals surface area contributed by atoms with E-state index in [1.165, 1.54) is 4.90 Å². The van der Waals surface area contributed by atoms with Crippen LogP contribution in [0.15, 0.2) is 0 Å². The van der Waals surface area contributed by atoms with E-state index in [1.54, 1.807) is 13.8 Å². The molecule has 7 nitrogen and oxygen atoms in total. The fourth-order valence-corrected chi connectivity index (χ4v) is 2.57. The molecule has 1 heterocycles. The van der Waals surface area contributed by atoms with E-state index in [-0.39, 0.29) is 12.5 Å². The number of hydrogen-bond donors (Lipinski definition) is 3. The van der Waals surface area contributed by atoms with Gasteiger partial charge in [-0.05, 0) is 33.1 Å². The van der Waals surface area contributed by atoms with E-state index in [0.717, 1.165) is 6.42 Å². The molecule has 0 radical (unpaired) electrons. The Morgan fingerprint density at radius 3 is 2.38 bits per heavy atom. The highest BCUT2D eigenvalue weighted by atomic mass is 16.2. The summed E-state index contributed by atoms with van der Waals surface area (Å²) in [6.07, 6.45) is 0.740. The van der Waals surface area contributed by atoms with Crippen LogP contribution in [0.2, 0.25) is 0 Å². The number of carbonyl (C=O) groups is 3. The summed E-state index contributed by atoms with van der Waals surface area (Å²) in [5.41, 5.74) is 4.21. The molecule has 0 aromatic heterocycles. The second kappa shape index (κ2) is 6.01. The Bertz CT molecular complexity index is 448. The van der Waals surface area contributed by atoms with Crippen molar-refractivity contribution in [3.05, 3.63) is 0 Å². The van der Waals surface area contributed by atoms with Crippen LogP contribution in [0.5, 0.6) is 0 Å². The molecule has 4 amide bonds. The largest absolute Gasteiger partial charge is 0.348 e. The highest BCUT2D eigenvalue weighted by Gasteiger charge is 2.46. The molecule has 21 heavy (non-hydrogen) atoms. The summed E-state index contributed by atoms with van der Waals surface area (Å²) in [6.45, 7) is 9.34. The van der Waals surface area contributed by atoms with Gasteiger partial charge in [-0.3, -0.25) is 14.9 Å². The molecule has 0 spiro atoms. The highest BCUT2D eigenvalue weighted by Crippen LogP contribution is 2.21. The summed E-state index contributed by atoms with van der Waals surface area (Å²) in [7, 11) is 0.